The topological polar surface area (TPSA) is 83.6 Å². The zero-order chi connectivity index (χ0) is 17.2. The summed E-state index contributed by atoms with van der Waals surface area (Å²) in [5, 5.41) is 2.59. The molecule has 0 spiro atoms. The number of nitrogens with zero attached hydrogens (tertiary/aromatic N) is 1. The van der Waals surface area contributed by atoms with Crippen LogP contribution in [0.2, 0.25) is 0 Å². The highest BCUT2D eigenvalue weighted by molar-refractivity contribution is 7.91. The first kappa shape index (κ1) is 17.5. The van der Waals surface area contributed by atoms with Gasteiger partial charge >= 0.3 is 11.8 Å². The van der Waals surface area contributed by atoms with Gasteiger partial charge in [-0.05, 0) is 50.5 Å². The first-order chi connectivity index (χ1) is 10.7. The minimum absolute atomic E-state index is 0.0660. The lowest BCUT2D eigenvalue weighted by molar-refractivity contribution is -0.144. The van der Waals surface area contributed by atoms with Gasteiger partial charge in [-0.2, -0.15) is 0 Å². The van der Waals surface area contributed by atoms with Crippen molar-refractivity contribution in [2.45, 2.75) is 33.2 Å². The second-order valence-electron chi connectivity index (χ2n) is 5.90. The number of nitrogens with one attached hydrogen (secondary N) is 1. The van der Waals surface area contributed by atoms with E-state index < -0.39 is 27.7 Å². The van der Waals surface area contributed by atoms with Crippen LogP contribution < -0.4 is 5.32 Å². The second kappa shape index (κ2) is 6.70. The van der Waals surface area contributed by atoms with E-state index in [1.165, 1.54) is 4.90 Å². The van der Waals surface area contributed by atoms with Crippen LogP contribution in [0.25, 0.3) is 0 Å². The molecule has 2 rings (SSSR count). The lowest BCUT2D eigenvalue weighted by atomic mass is 10.1. The fourth-order valence-electron chi connectivity index (χ4n) is 2.72. The summed E-state index contributed by atoms with van der Waals surface area (Å²) < 4.78 is 23.2. The van der Waals surface area contributed by atoms with Gasteiger partial charge in [0.1, 0.15) is 0 Å². The average molecular weight is 338 g/mol. The molecular weight excluding hydrogens is 316 g/mol. The Labute approximate surface area is 136 Å². The molecular formula is C16H22N2O4S. The van der Waals surface area contributed by atoms with Crippen LogP contribution in [-0.2, 0) is 19.4 Å². The van der Waals surface area contributed by atoms with Gasteiger partial charge in [-0.25, -0.2) is 8.42 Å². The number of hydrogen-bond donors (Lipinski definition) is 1. The van der Waals surface area contributed by atoms with Crippen LogP contribution in [0, 0.1) is 13.8 Å². The molecule has 0 aromatic heterocycles. The maximum atomic E-state index is 12.3. The molecule has 0 bridgehead atoms. The van der Waals surface area contributed by atoms with E-state index in [-0.39, 0.29) is 11.5 Å². The number of aryl methyl sites for hydroxylation is 2. The van der Waals surface area contributed by atoms with E-state index in [1.54, 1.807) is 19.1 Å². The van der Waals surface area contributed by atoms with Crippen molar-refractivity contribution in [2.75, 3.05) is 23.4 Å². The number of anilines is 1. The maximum absolute atomic E-state index is 12.3. The Hall–Kier alpha value is -1.89. The van der Waals surface area contributed by atoms with Crippen LogP contribution in [0.4, 0.5) is 5.69 Å². The Morgan fingerprint density at radius 2 is 1.96 bits per heavy atom. The Morgan fingerprint density at radius 3 is 2.48 bits per heavy atom. The quantitative estimate of drug-likeness (QED) is 0.842. The largest absolute Gasteiger partial charge is 0.331 e. The van der Waals surface area contributed by atoms with Crippen LogP contribution >= 0.6 is 0 Å². The van der Waals surface area contributed by atoms with Crippen molar-refractivity contribution >= 4 is 27.3 Å². The standard InChI is InChI=1S/C16H22N2O4S/c1-4-18(14-7-8-23(21,22)10-14)16(20)15(19)17-13-6-5-11(2)12(3)9-13/h5-6,9,14H,4,7-8,10H2,1-3H3,(H,17,19). The summed E-state index contributed by atoms with van der Waals surface area (Å²) in [6.45, 7) is 5.94. The van der Waals surface area contributed by atoms with Gasteiger partial charge in [-0.3, -0.25) is 9.59 Å². The summed E-state index contributed by atoms with van der Waals surface area (Å²) >= 11 is 0. The summed E-state index contributed by atoms with van der Waals surface area (Å²) in [6, 6.07) is 5.00. The molecule has 1 aliphatic heterocycles. The smallest absolute Gasteiger partial charge is 0.313 e. The maximum Gasteiger partial charge on any atom is 0.313 e. The van der Waals surface area contributed by atoms with Gasteiger partial charge in [0.15, 0.2) is 9.84 Å². The minimum Gasteiger partial charge on any atom is -0.331 e. The number of likely N-dealkylation sites (N-methyl/N-ethyl adjacent to an activating group) is 1. The van der Waals surface area contributed by atoms with E-state index in [2.05, 4.69) is 5.32 Å². The van der Waals surface area contributed by atoms with Gasteiger partial charge in [0.2, 0.25) is 0 Å². The van der Waals surface area contributed by atoms with Gasteiger partial charge in [0.25, 0.3) is 0 Å². The van der Waals surface area contributed by atoms with Gasteiger partial charge in [-0.15, -0.1) is 0 Å². The van der Waals surface area contributed by atoms with Crippen molar-refractivity contribution in [3.63, 3.8) is 0 Å². The number of rotatable bonds is 3. The number of benzene rings is 1. The molecule has 1 aromatic rings. The van der Waals surface area contributed by atoms with E-state index in [4.69, 9.17) is 0 Å². The Kier molecular flexibility index (Phi) is 5.09. The molecule has 0 saturated carbocycles. The Morgan fingerprint density at radius 1 is 1.26 bits per heavy atom. The third-order valence-corrected chi connectivity index (χ3v) is 5.96. The fraction of sp³-hybridized carbons (Fsp3) is 0.500. The average Bonchev–Trinajstić information content (AvgIpc) is 2.83. The lowest BCUT2D eigenvalue weighted by Gasteiger charge is -2.26. The van der Waals surface area contributed by atoms with Crippen LogP contribution in [0.3, 0.4) is 0 Å². The third kappa shape index (κ3) is 4.10. The summed E-state index contributed by atoms with van der Waals surface area (Å²) in [6.07, 6.45) is 0.388. The molecule has 2 amide bonds. The molecule has 6 nitrogen and oxygen atoms in total. The van der Waals surface area contributed by atoms with Gasteiger partial charge in [0, 0.05) is 18.3 Å². The van der Waals surface area contributed by atoms with E-state index in [0.717, 1.165) is 11.1 Å². The van der Waals surface area contributed by atoms with Crippen LogP contribution in [-0.4, -0.2) is 49.2 Å². The molecule has 23 heavy (non-hydrogen) atoms. The Bertz CT molecular complexity index is 728. The first-order valence-electron chi connectivity index (χ1n) is 7.63. The predicted octanol–water partition coefficient (Wildman–Crippen LogP) is 1.28. The molecule has 0 aliphatic carbocycles. The molecule has 1 unspecified atom stereocenters. The number of hydrogen-bond acceptors (Lipinski definition) is 4. The highest BCUT2D eigenvalue weighted by Crippen LogP contribution is 2.19. The summed E-state index contributed by atoms with van der Waals surface area (Å²) in [7, 11) is -3.10. The van der Waals surface area contributed by atoms with Crippen LogP contribution in [0.1, 0.15) is 24.5 Å². The number of carbonyl (C=O) groups is 2. The molecule has 1 N–H and O–H groups in total. The second-order valence-corrected chi connectivity index (χ2v) is 8.13. The highest BCUT2D eigenvalue weighted by atomic mass is 32.2. The summed E-state index contributed by atoms with van der Waals surface area (Å²) in [4.78, 5) is 25.9. The van der Waals surface area contributed by atoms with E-state index >= 15 is 0 Å². The molecule has 1 aromatic carbocycles. The highest BCUT2D eigenvalue weighted by Gasteiger charge is 2.35. The van der Waals surface area contributed by atoms with Crippen molar-refractivity contribution in [1.29, 1.82) is 0 Å². The van der Waals surface area contributed by atoms with Gasteiger partial charge in [0.05, 0.1) is 11.5 Å². The van der Waals surface area contributed by atoms with Crippen molar-refractivity contribution in [1.82, 2.24) is 4.90 Å². The molecule has 7 heteroatoms. The normalized spacial score (nSPS) is 19.3. The van der Waals surface area contributed by atoms with Crippen molar-refractivity contribution in [3.8, 4) is 0 Å². The number of sulfone groups is 1. The number of carbonyl (C=O) groups excluding carboxylic acids is 2. The fourth-order valence-corrected chi connectivity index (χ4v) is 4.45. The summed E-state index contributed by atoms with van der Waals surface area (Å²) in [5.41, 5.74) is 2.67. The zero-order valence-electron chi connectivity index (χ0n) is 13.6. The van der Waals surface area contributed by atoms with Crippen molar-refractivity contribution < 1.29 is 18.0 Å². The molecule has 126 valence electrons. The molecule has 1 heterocycles. The molecule has 1 atom stereocenters. The predicted molar refractivity (Wildman–Crippen MR) is 89.0 cm³/mol. The Balaban J connectivity index is 2.08. The lowest BCUT2D eigenvalue weighted by Crippen LogP contribution is -2.46. The first-order valence-corrected chi connectivity index (χ1v) is 9.45. The van der Waals surface area contributed by atoms with Crippen LogP contribution in [0.5, 0.6) is 0 Å². The van der Waals surface area contributed by atoms with Crippen molar-refractivity contribution in [2.24, 2.45) is 0 Å². The van der Waals surface area contributed by atoms with E-state index in [0.29, 0.717) is 18.7 Å². The molecule has 1 aliphatic rings. The van der Waals surface area contributed by atoms with E-state index in [1.807, 2.05) is 19.9 Å². The van der Waals surface area contributed by atoms with Crippen LogP contribution in [0.15, 0.2) is 18.2 Å². The summed E-state index contributed by atoms with van der Waals surface area (Å²) in [5.74, 6) is -1.42. The van der Waals surface area contributed by atoms with Gasteiger partial charge < -0.3 is 10.2 Å². The molecule has 1 saturated heterocycles. The zero-order valence-corrected chi connectivity index (χ0v) is 14.4. The van der Waals surface area contributed by atoms with E-state index in [9.17, 15) is 18.0 Å². The third-order valence-electron chi connectivity index (χ3n) is 4.21. The van der Waals surface area contributed by atoms with Crippen molar-refractivity contribution in [3.05, 3.63) is 29.3 Å². The number of amides is 2. The molecule has 1 fully saturated rings. The monoisotopic (exact) mass is 338 g/mol. The minimum atomic E-state index is -3.10. The van der Waals surface area contributed by atoms with Gasteiger partial charge in [-0.1, -0.05) is 6.07 Å². The molecule has 0 radical (unpaired) electrons. The SMILES string of the molecule is CCN(C(=O)C(=O)Nc1ccc(C)c(C)c1)C1CCS(=O)(=O)C1.